The number of rotatable bonds is 4. The number of ether oxygens (including phenoxy) is 1. The summed E-state index contributed by atoms with van der Waals surface area (Å²) in [5.41, 5.74) is 3.54. The van der Waals surface area contributed by atoms with Gasteiger partial charge in [-0.1, -0.05) is 38.1 Å². The summed E-state index contributed by atoms with van der Waals surface area (Å²) in [6.07, 6.45) is 4.51. The molecule has 0 N–H and O–H groups in total. The van der Waals surface area contributed by atoms with Gasteiger partial charge in [-0.15, -0.1) is 0 Å². The Morgan fingerprint density at radius 2 is 1.96 bits per heavy atom. The molecule has 0 saturated carbocycles. The summed E-state index contributed by atoms with van der Waals surface area (Å²) in [4.78, 5) is 15.9. The highest BCUT2D eigenvalue weighted by molar-refractivity contribution is 5.89. The topological polar surface area (TPSA) is 52.3 Å². The van der Waals surface area contributed by atoms with Crippen molar-refractivity contribution in [1.82, 2.24) is 4.98 Å². The summed E-state index contributed by atoms with van der Waals surface area (Å²) in [6, 6.07) is 13.2. The van der Waals surface area contributed by atoms with Crippen LogP contribution in [0.4, 0.5) is 0 Å². The van der Waals surface area contributed by atoms with Crippen molar-refractivity contribution < 1.29 is 13.9 Å². The van der Waals surface area contributed by atoms with Gasteiger partial charge in [-0.05, 0) is 35.3 Å². The number of fused-ring (bicyclic) bond motifs is 1. The second-order valence-electron chi connectivity index (χ2n) is 5.56. The molecule has 0 amide bonds. The van der Waals surface area contributed by atoms with E-state index in [2.05, 4.69) is 31.0 Å². The third-order valence-electron chi connectivity index (χ3n) is 3.54. The van der Waals surface area contributed by atoms with E-state index in [4.69, 9.17) is 9.15 Å². The van der Waals surface area contributed by atoms with Crippen LogP contribution in [-0.2, 0) is 4.79 Å². The maximum Gasteiger partial charge on any atom is 0.336 e. The molecule has 0 unspecified atom stereocenters. The molecule has 4 nitrogen and oxygen atoms in total. The zero-order valence-corrected chi connectivity index (χ0v) is 13.0. The Kier molecular flexibility index (Phi) is 4.24. The molecular weight excluding hydrogens is 290 g/mol. The van der Waals surface area contributed by atoms with Crippen LogP contribution < -0.4 is 4.74 Å². The Morgan fingerprint density at radius 3 is 2.70 bits per heavy atom. The summed E-state index contributed by atoms with van der Waals surface area (Å²) >= 11 is 0. The lowest BCUT2D eigenvalue weighted by molar-refractivity contribution is -0.128. The summed E-state index contributed by atoms with van der Waals surface area (Å²) in [7, 11) is 0. The van der Waals surface area contributed by atoms with Crippen LogP contribution in [0.5, 0.6) is 5.75 Å². The average molecular weight is 307 g/mol. The number of hydrogen-bond donors (Lipinski definition) is 0. The predicted octanol–water partition coefficient (Wildman–Crippen LogP) is 4.57. The van der Waals surface area contributed by atoms with Crippen molar-refractivity contribution in [2.75, 3.05) is 0 Å². The molecule has 23 heavy (non-hydrogen) atoms. The second-order valence-corrected chi connectivity index (χ2v) is 5.56. The fourth-order valence-electron chi connectivity index (χ4n) is 2.21. The SMILES string of the molecule is CC(C)c1ccc(/C=C/C(=O)Oc2ccc3ocnc3c2)cc1. The lowest BCUT2D eigenvalue weighted by Gasteiger charge is -2.04. The molecule has 2 aromatic carbocycles. The largest absolute Gasteiger partial charge is 0.443 e. The highest BCUT2D eigenvalue weighted by Crippen LogP contribution is 2.20. The number of oxazole rings is 1. The van der Waals surface area contributed by atoms with Crippen LogP contribution in [0.3, 0.4) is 0 Å². The molecule has 0 bridgehead atoms. The van der Waals surface area contributed by atoms with Crippen molar-refractivity contribution in [2.45, 2.75) is 19.8 Å². The van der Waals surface area contributed by atoms with E-state index in [-0.39, 0.29) is 0 Å². The van der Waals surface area contributed by atoms with Gasteiger partial charge in [-0.2, -0.15) is 0 Å². The summed E-state index contributed by atoms with van der Waals surface area (Å²) in [5, 5.41) is 0. The Morgan fingerprint density at radius 1 is 1.17 bits per heavy atom. The van der Waals surface area contributed by atoms with Crippen molar-refractivity contribution in [3.05, 3.63) is 66.1 Å². The van der Waals surface area contributed by atoms with Crippen LogP contribution in [0.25, 0.3) is 17.2 Å². The maximum absolute atomic E-state index is 11.9. The van der Waals surface area contributed by atoms with Crippen molar-refractivity contribution >= 4 is 23.1 Å². The van der Waals surface area contributed by atoms with Gasteiger partial charge in [0.2, 0.25) is 0 Å². The number of hydrogen-bond acceptors (Lipinski definition) is 4. The smallest absolute Gasteiger partial charge is 0.336 e. The molecule has 0 aliphatic carbocycles. The minimum atomic E-state index is -0.430. The summed E-state index contributed by atoms with van der Waals surface area (Å²) in [5.74, 6) is 0.501. The van der Waals surface area contributed by atoms with Gasteiger partial charge in [-0.25, -0.2) is 9.78 Å². The molecule has 1 aromatic heterocycles. The molecule has 3 rings (SSSR count). The number of aromatic nitrogens is 1. The predicted molar refractivity (Wildman–Crippen MR) is 89.2 cm³/mol. The fourth-order valence-corrected chi connectivity index (χ4v) is 2.21. The van der Waals surface area contributed by atoms with Gasteiger partial charge in [-0.3, -0.25) is 0 Å². The monoisotopic (exact) mass is 307 g/mol. The summed E-state index contributed by atoms with van der Waals surface area (Å²) in [6.45, 7) is 4.29. The molecule has 0 spiro atoms. The third kappa shape index (κ3) is 3.66. The van der Waals surface area contributed by atoms with Gasteiger partial charge in [0, 0.05) is 12.1 Å². The number of carbonyl (C=O) groups excluding carboxylic acids is 1. The van der Waals surface area contributed by atoms with E-state index >= 15 is 0 Å². The van der Waals surface area contributed by atoms with Crippen LogP contribution >= 0.6 is 0 Å². The van der Waals surface area contributed by atoms with Crippen molar-refractivity contribution in [3.8, 4) is 5.75 Å². The van der Waals surface area contributed by atoms with E-state index in [1.807, 2.05) is 12.1 Å². The maximum atomic E-state index is 11.9. The van der Waals surface area contributed by atoms with Gasteiger partial charge in [0.15, 0.2) is 12.0 Å². The lowest BCUT2D eigenvalue weighted by atomic mass is 10.0. The van der Waals surface area contributed by atoms with Crippen LogP contribution in [0.2, 0.25) is 0 Å². The van der Waals surface area contributed by atoms with E-state index < -0.39 is 5.97 Å². The van der Waals surface area contributed by atoms with Crippen molar-refractivity contribution in [3.63, 3.8) is 0 Å². The quantitative estimate of drug-likeness (QED) is 0.402. The Hall–Kier alpha value is -2.88. The van der Waals surface area contributed by atoms with Gasteiger partial charge in [0.25, 0.3) is 0 Å². The van der Waals surface area contributed by atoms with Crippen LogP contribution in [0.1, 0.15) is 30.9 Å². The van der Waals surface area contributed by atoms with E-state index in [1.165, 1.54) is 18.0 Å². The minimum absolute atomic E-state index is 0.430. The number of carbonyl (C=O) groups is 1. The molecule has 0 radical (unpaired) electrons. The Balaban J connectivity index is 1.66. The molecule has 1 heterocycles. The standard InChI is InChI=1S/C19H17NO3/c1-13(2)15-6-3-14(4-7-15)5-10-19(21)23-16-8-9-18-17(11-16)20-12-22-18/h3-13H,1-2H3/b10-5+. The zero-order chi connectivity index (χ0) is 16.2. The van der Waals surface area contributed by atoms with Gasteiger partial charge >= 0.3 is 5.97 Å². The van der Waals surface area contributed by atoms with E-state index in [9.17, 15) is 4.79 Å². The second kappa shape index (κ2) is 6.48. The van der Waals surface area contributed by atoms with Gasteiger partial charge < -0.3 is 9.15 Å². The average Bonchev–Trinajstić information content (AvgIpc) is 3.01. The fraction of sp³-hybridized carbons (Fsp3) is 0.158. The lowest BCUT2D eigenvalue weighted by Crippen LogP contribution is -2.03. The first-order valence-electron chi connectivity index (χ1n) is 7.45. The van der Waals surface area contributed by atoms with E-state index in [0.717, 1.165) is 5.56 Å². The molecule has 3 aromatic rings. The number of nitrogens with zero attached hydrogens (tertiary/aromatic N) is 1. The Bertz CT molecular complexity index is 844. The molecular formula is C19H17NO3. The molecule has 0 saturated heterocycles. The molecule has 0 aliphatic heterocycles. The molecule has 4 heteroatoms. The van der Waals surface area contributed by atoms with Gasteiger partial charge in [0.05, 0.1) is 0 Å². The summed E-state index contributed by atoms with van der Waals surface area (Å²) < 4.78 is 10.4. The van der Waals surface area contributed by atoms with E-state index in [0.29, 0.717) is 22.8 Å². The number of benzene rings is 2. The van der Waals surface area contributed by atoms with Crippen LogP contribution in [0.15, 0.2) is 59.4 Å². The zero-order valence-electron chi connectivity index (χ0n) is 13.0. The molecule has 0 aliphatic rings. The first-order valence-corrected chi connectivity index (χ1v) is 7.45. The minimum Gasteiger partial charge on any atom is -0.443 e. The highest BCUT2D eigenvalue weighted by Gasteiger charge is 2.04. The number of esters is 1. The van der Waals surface area contributed by atoms with Gasteiger partial charge in [0.1, 0.15) is 11.3 Å². The first-order chi connectivity index (χ1) is 11.1. The third-order valence-corrected chi connectivity index (χ3v) is 3.54. The molecule has 116 valence electrons. The molecule has 0 fully saturated rings. The van der Waals surface area contributed by atoms with Crippen molar-refractivity contribution in [1.29, 1.82) is 0 Å². The van der Waals surface area contributed by atoms with E-state index in [1.54, 1.807) is 24.3 Å². The highest BCUT2D eigenvalue weighted by atomic mass is 16.5. The van der Waals surface area contributed by atoms with Crippen molar-refractivity contribution in [2.24, 2.45) is 0 Å². The van der Waals surface area contributed by atoms with Crippen LogP contribution in [-0.4, -0.2) is 11.0 Å². The Labute approximate surface area is 134 Å². The normalized spacial score (nSPS) is 11.4. The first kappa shape index (κ1) is 15.0. The molecule has 0 atom stereocenters. The van der Waals surface area contributed by atoms with Crippen LogP contribution in [0, 0.1) is 0 Å².